The molecule has 0 amide bonds. The summed E-state index contributed by atoms with van der Waals surface area (Å²) >= 11 is 0. The first kappa shape index (κ1) is 17.4. The fraction of sp³-hybridized carbons (Fsp3) is 0.286. The van der Waals surface area contributed by atoms with Crippen LogP contribution in [0.15, 0.2) is 47.7 Å². The van der Waals surface area contributed by atoms with E-state index in [4.69, 9.17) is 0 Å². The topological polar surface area (TPSA) is 17.1 Å². The number of aryl methyl sites for hydroxylation is 3. The molecule has 0 aromatic heterocycles. The molecular weight excluding hydrogens is 296 g/mol. The Kier molecular flexibility index (Phi) is 5.05. The minimum absolute atomic E-state index is 0.985. The van der Waals surface area contributed by atoms with Gasteiger partial charge in [-0.15, -0.1) is 0 Å². The maximum atomic E-state index is 12.0. The fourth-order valence-electron chi connectivity index (χ4n) is 3.22. The third kappa shape index (κ3) is 3.70. The summed E-state index contributed by atoms with van der Waals surface area (Å²) < 4.78 is 0. The van der Waals surface area contributed by atoms with Crippen molar-refractivity contribution in [1.29, 1.82) is 0 Å². The Morgan fingerprint density at radius 1 is 0.913 bits per heavy atom. The van der Waals surface area contributed by atoms with Gasteiger partial charge in [0.2, 0.25) is 0 Å². The SMILES string of the molecule is Cc1cc(C)c(/C(=C(\C=O)[Si](C)(C)C)c2ccccc2)c(C)c1. The van der Waals surface area contributed by atoms with E-state index >= 15 is 0 Å². The Morgan fingerprint density at radius 2 is 1.43 bits per heavy atom. The first-order chi connectivity index (χ1) is 10.8. The molecule has 0 saturated heterocycles. The number of carbonyl (C=O) groups is 1. The maximum absolute atomic E-state index is 12.0. The van der Waals surface area contributed by atoms with Crippen LogP contribution in [0.5, 0.6) is 0 Å². The highest BCUT2D eigenvalue weighted by Crippen LogP contribution is 2.35. The van der Waals surface area contributed by atoms with Crippen molar-refractivity contribution >= 4 is 19.9 Å². The van der Waals surface area contributed by atoms with E-state index in [1.807, 2.05) is 18.2 Å². The maximum Gasteiger partial charge on any atom is 0.142 e. The third-order valence-electron chi connectivity index (χ3n) is 4.18. The van der Waals surface area contributed by atoms with Crippen LogP contribution >= 0.6 is 0 Å². The first-order valence-electron chi connectivity index (χ1n) is 8.09. The van der Waals surface area contributed by atoms with Crippen LogP contribution in [-0.4, -0.2) is 14.4 Å². The molecule has 0 saturated carbocycles. The molecule has 0 aliphatic carbocycles. The molecule has 2 heteroatoms. The van der Waals surface area contributed by atoms with E-state index in [2.05, 4.69) is 64.7 Å². The Morgan fingerprint density at radius 3 is 1.87 bits per heavy atom. The zero-order chi connectivity index (χ0) is 17.2. The summed E-state index contributed by atoms with van der Waals surface area (Å²) in [6.07, 6.45) is 1.09. The van der Waals surface area contributed by atoms with E-state index in [9.17, 15) is 4.79 Å². The van der Waals surface area contributed by atoms with E-state index < -0.39 is 8.07 Å². The average molecular weight is 323 g/mol. The molecule has 0 atom stereocenters. The largest absolute Gasteiger partial charge is 0.299 e. The van der Waals surface area contributed by atoms with E-state index in [0.717, 1.165) is 22.6 Å². The molecule has 0 aliphatic heterocycles. The van der Waals surface area contributed by atoms with E-state index in [-0.39, 0.29) is 0 Å². The summed E-state index contributed by atoms with van der Waals surface area (Å²) in [7, 11) is -1.76. The lowest BCUT2D eigenvalue weighted by atomic mass is 9.89. The predicted molar refractivity (Wildman–Crippen MR) is 103 cm³/mol. The second kappa shape index (κ2) is 6.67. The van der Waals surface area contributed by atoms with Crippen molar-refractivity contribution in [2.45, 2.75) is 40.4 Å². The molecule has 0 unspecified atom stereocenters. The summed E-state index contributed by atoms with van der Waals surface area (Å²) in [4.78, 5) is 12.0. The summed E-state index contributed by atoms with van der Waals surface area (Å²) in [5, 5.41) is 0.985. The fourth-order valence-corrected chi connectivity index (χ4v) is 4.60. The van der Waals surface area contributed by atoms with E-state index in [1.165, 1.54) is 22.3 Å². The number of hydrogen-bond donors (Lipinski definition) is 0. The second-order valence-corrected chi connectivity index (χ2v) is 12.3. The third-order valence-corrected chi connectivity index (χ3v) is 6.17. The van der Waals surface area contributed by atoms with Crippen molar-refractivity contribution in [3.05, 3.63) is 75.5 Å². The number of carbonyl (C=O) groups excluding carboxylic acids is 1. The molecule has 2 aromatic carbocycles. The first-order valence-corrected chi connectivity index (χ1v) is 11.6. The summed E-state index contributed by atoms with van der Waals surface area (Å²) in [5.41, 5.74) is 7.20. The molecular formula is C21H26OSi. The van der Waals surface area contributed by atoms with Gasteiger partial charge in [0.15, 0.2) is 0 Å². The molecule has 1 nitrogen and oxygen atoms in total. The minimum Gasteiger partial charge on any atom is -0.299 e. The lowest BCUT2D eigenvalue weighted by molar-refractivity contribution is -0.104. The van der Waals surface area contributed by atoms with Crippen molar-refractivity contribution in [3.63, 3.8) is 0 Å². The minimum atomic E-state index is -1.76. The molecule has 2 rings (SSSR count). The average Bonchev–Trinajstić information content (AvgIpc) is 2.45. The van der Waals surface area contributed by atoms with Crippen molar-refractivity contribution in [2.24, 2.45) is 0 Å². The van der Waals surface area contributed by atoms with E-state index in [1.54, 1.807) is 0 Å². The smallest absolute Gasteiger partial charge is 0.142 e. The van der Waals surface area contributed by atoms with Crippen LogP contribution in [0.1, 0.15) is 27.8 Å². The summed E-state index contributed by atoms with van der Waals surface area (Å²) in [6.45, 7) is 13.1. The Balaban J connectivity index is 2.91. The monoisotopic (exact) mass is 322 g/mol. The number of hydrogen-bond acceptors (Lipinski definition) is 1. The van der Waals surface area contributed by atoms with Gasteiger partial charge in [0, 0.05) is 0 Å². The van der Waals surface area contributed by atoms with Gasteiger partial charge in [-0.25, -0.2) is 0 Å². The molecule has 0 bridgehead atoms. The van der Waals surface area contributed by atoms with Crippen molar-refractivity contribution in [3.8, 4) is 0 Å². The lowest BCUT2D eigenvalue weighted by Gasteiger charge is -2.24. The molecule has 120 valence electrons. The standard InChI is InChI=1S/C21H26OSi/c1-15-12-16(2)20(17(3)13-15)21(18-10-8-7-9-11-18)19(14-22)23(4,5)6/h7-14H,1-6H3/b21-19+. The molecule has 0 aliphatic rings. The molecule has 0 N–H and O–H groups in total. The normalized spacial score (nSPS) is 12.8. The van der Waals surface area contributed by atoms with Gasteiger partial charge in [0.1, 0.15) is 6.29 Å². The molecule has 2 aromatic rings. The molecule has 23 heavy (non-hydrogen) atoms. The van der Waals surface area contributed by atoms with Crippen LogP contribution < -0.4 is 0 Å². The second-order valence-electron chi connectivity index (χ2n) is 7.30. The van der Waals surface area contributed by atoms with Crippen molar-refractivity contribution in [2.75, 3.05) is 0 Å². The highest BCUT2D eigenvalue weighted by molar-refractivity contribution is 6.87. The van der Waals surface area contributed by atoms with Gasteiger partial charge in [-0.1, -0.05) is 67.7 Å². The lowest BCUT2D eigenvalue weighted by Crippen LogP contribution is -2.27. The van der Waals surface area contributed by atoms with Crippen LogP contribution in [0.2, 0.25) is 19.6 Å². The van der Waals surface area contributed by atoms with Crippen LogP contribution in [0.4, 0.5) is 0 Å². The zero-order valence-electron chi connectivity index (χ0n) is 15.0. The van der Waals surface area contributed by atoms with Gasteiger partial charge in [-0.3, -0.25) is 4.79 Å². The summed E-state index contributed by atoms with van der Waals surface area (Å²) in [5.74, 6) is 0. The number of allylic oxidation sites excluding steroid dienone is 1. The Bertz CT molecular complexity index is 726. The molecule has 0 heterocycles. The van der Waals surface area contributed by atoms with Crippen LogP contribution in [0.25, 0.3) is 5.57 Å². The molecule has 0 fully saturated rings. The molecule has 0 radical (unpaired) electrons. The van der Waals surface area contributed by atoms with Gasteiger partial charge >= 0.3 is 0 Å². The van der Waals surface area contributed by atoms with Gasteiger partial charge in [0.05, 0.1) is 8.07 Å². The predicted octanol–water partition coefficient (Wildman–Crippen LogP) is 5.49. The van der Waals surface area contributed by atoms with Crippen molar-refractivity contribution < 1.29 is 4.79 Å². The highest BCUT2D eigenvalue weighted by atomic mass is 28.3. The number of benzene rings is 2. The number of rotatable bonds is 4. The zero-order valence-corrected chi connectivity index (χ0v) is 16.0. The van der Waals surface area contributed by atoms with Crippen LogP contribution in [-0.2, 0) is 4.79 Å². The van der Waals surface area contributed by atoms with Gasteiger partial charge in [-0.05, 0) is 53.8 Å². The van der Waals surface area contributed by atoms with Gasteiger partial charge < -0.3 is 0 Å². The van der Waals surface area contributed by atoms with E-state index in [0.29, 0.717) is 0 Å². The van der Waals surface area contributed by atoms with Crippen LogP contribution in [0.3, 0.4) is 0 Å². The Labute approximate surface area is 141 Å². The number of aldehydes is 1. The Hall–Kier alpha value is -1.93. The summed E-state index contributed by atoms with van der Waals surface area (Å²) in [6, 6.07) is 14.7. The molecule has 0 spiro atoms. The quantitative estimate of drug-likeness (QED) is 0.413. The van der Waals surface area contributed by atoms with Crippen molar-refractivity contribution in [1.82, 2.24) is 0 Å². The van der Waals surface area contributed by atoms with Crippen LogP contribution in [0, 0.1) is 20.8 Å². The van der Waals surface area contributed by atoms with Gasteiger partial charge in [-0.2, -0.15) is 0 Å². The van der Waals surface area contributed by atoms with Gasteiger partial charge in [0.25, 0.3) is 0 Å². The highest BCUT2D eigenvalue weighted by Gasteiger charge is 2.26.